The lowest BCUT2D eigenvalue weighted by atomic mass is 10.0. The van der Waals surface area contributed by atoms with Gasteiger partial charge in [0.1, 0.15) is 5.52 Å². The van der Waals surface area contributed by atoms with Crippen molar-refractivity contribution < 1.29 is 9.47 Å². The molecule has 0 bridgehead atoms. The summed E-state index contributed by atoms with van der Waals surface area (Å²) in [7, 11) is 0. The number of H-pyrrole nitrogens is 1. The second kappa shape index (κ2) is 11.0. The average molecular weight is 514 g/mol. The Hall–Kier alpha value is -3.62. The van der Waals surface area contributed by atoms with Gasteiger partial charge in [-0.25, -0.2) is 4.79 Å². The minimum atomic E-state index is -0.215. The van der Waals surface area contributed by atoms with Crippen LogP contribution in [0.2, 0.25) is 0 Å². The number of nitrogens with one attached hydrogen (secondary N) is 1. The molecule has 2 aromatic carbocycles. The number of ether oxygens (including phenoxy) is 2. The van der Waals surface area contributed by atoms with Crippen molar-refractivity contribution in [2.75, 3.05) is 38.6 Å². The number of aromatic nitrogens is 3. The number of hydrogen-bond acceptors (Lipinski definition) is 6. The lowest BCUT2D eigenvalue weighted by Crippen LogP contribution is -2.21. The van der Waals surface area contributed by atoms with Gasteiger partial charge in [0, 0.05) is 25.8 Å². The lowest BCUT2D eigenvalue weighted by molar-refractivity contribution is 0.0491. The number of nitrogen functional groups attached to an aromatic ring is 1. The summed E-state index contributed by atoms with van der Waals surface area (Å²) in [5, 5.41) is 0. The number of aromatic amines is 1. The van der Waals surface area contributed by atoms with Crippen LogP contribution in [0, 0.1) is 5.92 Å². The van der Waals surface area contributed by atoms with Crippen LogP contribution in [0.1, 0.15) is 36.8 Å². The summed E-state index contributed by atoms with van der Waals surface area (Å²) in [6.07, 6.45) is 4.58. The third-order valence-corrected chi connectivity index (χ3v) is 7.77. The molecule has 0 radical (unpaired) electrons. The lowest BCUT2D eigenvalue weighted by Gasteiger charge is -2.21. The van der Waals surface area contributed by atoms with Gasteiger partial charge in [-0.15, -0.1) is 0 Å². The van der Waals surface area contributed by atoms with E-state index >= 15 is 0 Å². The SMILES string of the molecule is Nc1nc(OCC2CCOCC2)cc2c1[nH]c(=O)n2Cc1ccc(-c2ccc(CN3CCCC3)cc2)cc1. The van der Waals surface area contributed by atoms with Crippen LogP contribution in [-0.4, -0.2) is 52.3 Å². The van der Waals surface area contributed by atoms with E-state index < -0.39 is 0 Å². The molecular weight excluding hydrogens is 478 g/mol. The molecule has 4 aromatic rings. The van der Waals surface area contributed by atoms with Crippen molar-refractivity contribution in [2.45, 2.75) is 38.8 Å². The van der Waals surface area contributed by atoms with Crippen LogP contribution in [0.3, 0.4) is 0 Å². The first kappa shape index (κ1) is 24.7. The van der Waals surface area contributed by atoms with Crippen LogP contribution in [-0.2, 0) is 17.8 Å². The molecule has 4 heterocycles. The van der Waals surface area contributed by atoms with Crippen LogP contribution in [0.4, 0.5) is 5.82 Å². The first-order valence-electron chi connectivity index (χ1n) is 13.6. The molecule has 0 aliphatic carbocycles. The van der Waals surface area contributed by atoms with E-state index in [4.69, 9.17) is 15.2 Å². The topological polar surface area (TPSA) is 98.4 Å². The predicted molar refractivity (Wildman–Crippen MR) is 149 cm³/mol. The smallest absolute Gasteiger partial charge is 0.326 e. The molecule has 8 nitrogen and oxygen atoms in total. The molecule has 0 saturated carbocycles. The number of nitrogens with two attached hydrogens (primary N) is 1. The Balaban J connectivity index is 1.16. The van der Waals surface area contributed by atoms with Gasteiger partial charge in [0.05, 0.1) is 18.7 Å². The maximum Gasteiger partial charge on any atom is 0.326 e. The molecule has 3 N–H and O–H groups in total. The van der Waals surface area contributed by atoms with Gasteiger partial charge in [-0.05, 0) is 66.9 Å². The highest BCUT2D eigenvalue weighted by Crippen LogP contribution is 2.25. The number of rotatable bonds is 8. The van der Waals surface area contributed by atoms with Crippen LogP contribution >= 0.6 is 0 Å². The zero-order valence-electron chi connectivity index (χ0n) is 21.7. The average Bonchev–Trinajstić information content (AvgIpc) is 3.57. The minimum Gasteiger partial charge on any atom is -0.477 e. The number of benzene rings is 2. The first-order chi connectivity index (χ1) is 18.6. The van der Waals surface area contributed by atoms with Crippen LogP contribution in [0.25, 0.3) is 22.2 Å². The molecule has 2 saturated heterocycles. The van der Waals surface area contributed by atoms with Crippen molar-refractivity contribution >= 4 is 16.9 Å². The Bertz CT molecular complexity index is 1430. The van der Waals surface area contributed by atoms with Gasteiger partial charge in [-0.3, -0.25) is 9.47 Å². The molecular formula is C30H35N5O3. The normalized spacial score (nSPS) is 16.8. The van der Waals surface area contributed by atoms with Crippen LogP contribution in [0.5, 0.6) is 5.88 Å². The summed E-state index contributed by atoms with van der Waals surface area (Å²) in [4.78, 5) is 22.6. The van der Waals surface area contributed by atoms with E-state index in [1.165, 1.54) is 37.1 Å². The molecule has 38 heavy (non-hydrogen) atoms. The maximum atomic E-state index is 12.8. The van der Waals surface area contributed by atoms with E-state index in [0.29, 0.717) is 36.0 Å². The maximum absolute atomic E-state index is 12.8. The summed E-state index contributed by atoms with van der Waals surface area (Å²) >= 11 is 0. The summed E-state index contributed by atoms with van der Waals surface area (Å²) in [5.74, 6) is 1.15. The number of likely N-dealkylation sites (tertiary alicyclic amines) is 1. The summed E-state index contributed by atoms with van der Waals surface area (Å²) in [6, 6.07) is 19.0. The van der Waals surface area contributed by atoms with Gasteiger partial charge in [-0.1, -0.05) is 48.5 Å². The third-order valence-electron chi connectivity index (χ3n) is 7.77. The van der Waals surface area contributed by atoms with Gasteiger partial charge < -0.3 is 20.2 Å². The standard InChI is InChI=1S/C30H35N5O3/c31-29-28-26(17-27(32-29)38-20-23-11-15-37-16-12-23)35(30(36)33-28)19-22-5-9-25(10-6-22)24-7-3-21(4-8-24)18-34-13-1-2-14-34/h3-10,17,23H,1-2,11-16,18-20H2,(H2,31,32)(H,33,36). The number of hydrogen-bond donors (Lipinski definition) is 2. The number of fused-ring (bicyclic) bond motifs is 1. The van der Waals surface area contributed by atoms with Crippen molar-refractivity contribution in [3.05, 3.63) is 76.2 Å². The van der Waals surface area contributed by atoms with Gasteiger partial charge in [0.15, 0.2) is 5.82 Å². The van der Waals surface area contributed by atoms with Gasteiger partial charge in [0.2, 0.25) is 5.88 Å². The fourth-order valence-corrected chi connectivity index (χ4v) is 5.49. The van der Waals surface area contributed by atoms with E-state index in [1.54, 1.807) is 10.6 Å². The fraction of sp³-hybridized carbons (Fsp3) is 0.400. The van der Waals surface area contributed by atoms with E-state index in [2.05, 4.69) is 63.4 Å². The zero-order chi connectivity index (χ0) is 25.9. The van der Waals surface area contributed by atoms with Crippen molar-refractivity contribution in [1.29, 1.82) is 0 Å². The van der Waals surface area contributed by atoms with E-state index in [-0.39, 0.29) is 11.5 Å². The summed E-state index contributed by atoms with van der Waals surface area (Å²) < 4.78 is 13.1. The summed E-state index contributed by atoms with van der Waals surface area (Å²) in [5.41, 5.74) is 11.9. The monoisotopic (exact) mass is 513 g/mol. The van der Waals surface area contributed by atoms with Crippen molar-refractivity contribution in [3.8, 4) is 17.0 Å². The third kappa shape index (κ3) is 5.47. The zero-order valence-corrected chi connectivity index (χ0v) is 21.7. The highest BCUT2D eigenvalue weighted by molar-refractivity contribution is 5.85. The van der Waals surface area contributed by atoms with Crippen molar-refractivity contribution in [1.82, 2.24) is 19.4 Å². The van der Waals surface area contributed by atoms with Crippen molar-refractivity contribution in [3.63, 3.8) is 0 Å². The molecule has 0 unspecified atom stereocenters. The molecule has 2 aliphatic heterocycles. The Morgan fingerprint density at radius 3 is 2.24 bits per heavy atom. The van der Waals surface area contributed by atoms with E-state index in [9.17, 15) is 4.79 Å². The number of imidazole rings is 1. The quantitative estimate of drug-likeness (QED) is 0.362. The first-order valence-corrected chi connectivity index (χ1v) is 13.6. The second-order valence-corrected chi connectivity index (χ2v) is 10.5. The molecule has 8 heteroatoms. The highest BCUT2D eigenvalue weighted by Gasteiger charge is 2.17. The number of anilines is 1. The predicted octanol–water partition coefficient (Wildman–Crippen LogP) is 4.42. The van der Waals surface area contributed by atoms with E-state index in [0.717, 1.165) is 43.7 Å². The molecule has 198 valence electrons. The fourth-order valence-electron chi connectivity index (χ4n) is 5.49. The Kier molecular flexibility index (Phi) is 7.16. The number of nitrogens with zero attached hydrogens (tertiary/aromatic N) is 3. The molecule has 2 aromatic heterocycles. The largest absolute Gasteiger partial charge is 0.477 e. The Labute approximate surface area is 222 Å². The highest BCUT2D eigenvalue weighted by atomic mass is 16.5. The molecule has 2 aliphatic rings. The molecule has 6 rings (SSSR count). The van der Waals surface area contributed by atoms with E-state index in [1.807, 2.05) is 0 Å². The summed E-state index contributed by atoms with van der Waals surface area (Å²) in [6.45, 7) is 5.97. The molecule has 2 fully saturated rings. The Morgan fingerprint density at radius 2 is 1.58 bits per heavy atom. The van der Waals surface area contributed by atoms with Gasteiger partial charge in [0.25, 0.3) is 0 Å². The van der Waals surface area contributed by atoms with Gasteiger partial charge >= 0.3 is 5.69 Å². The van der Waals surface area contributed by atoms with Gasteiger partial charge in [-0.2, -0.15) is 4.98 Å². The van der Waals surface area contributed by atoms with Crippen LogP contribution in [0.15, 0.2) is 59.4 Å². The molecule has 0 amide bonds. The minimum absolute atomic E-state index is 0.215. The van der Waals surface area contributed by atoms with Crippen LogP contribution < -0.4 is 16.2 Å². The molecule has 0 atom stereocenters. The molecule has 0 spiro atoms. The van der Waals surface area contributed by atoms with Crippen molar-refractivity contribution in [2.24, 2.45) is 5.92 Å². The Morgan fingerprint density at radius 1 is 0.947 bits per heavy atom. The number of pyridine rings is 1. The second-order valence-electron chi connectivity index (χ2n) is 10.5.